The van der Waals surface area contributed by atoms with Gasteiger partial charge in [-0.05, 0) is 69.7 Å². The van der Waals surface area contributed by atoms with Gasteiger partial charge in [0, 0.05) is 30.5 Å². The van der Waals surface area contributed by atoms with Gasteiger partial charge in [-0.15, -0.1) is 16.5 Å². The molecule has 12 heteroatoms. The van der Waals surface area contributed by atoms with Gasteiger partial charge in [-0.1, -0.05) is 22.1 Å². The second-order valence-corrected chi connectivity index (χ2v) is 11.4. The second kappa shape index (κ2) is 11.0. The van der Waals surface area contributed by atoms with Gasteiger partial charge in [-0.2, -0.15) is 0 Å². The van der Waals surface area contributed by atoms with Gasteiger partial charge in [-0.3, -0.25) is 23.9 Å². The van der Waals surface area contributed by atoms with Crippen LogP contribution in [0.5, 0.6) is 0 Å². The lowest BCUT2D eigenvalue weighted by molar-refractivity contribution is -0.125. The number of thiophene rings is 1. The van der Waals surface area contributed by atoms with Gasteiger partial charge in [0.1, 0.15) is 11.6 Å². The minimum Gasteiger partial charge on any atom is -0.444 e. The van der Waals surface area contributed by atoms with Crippen LogP contribution in [0.25, 0.3) is 5.69 Å². The number of likely N-dealkylation sites (tertiary alicyclic amines) is 1. The van der Waals surface area contributed by atoms with Crippen LogP contribution in [0.4, 0.5) is 15.0 Å². The van der Waals surface area contributed by atoms with Crippen molar-refractivity contribution in [3.05, 3.63) is 80.4 Å². The highest BCUT2D eigenvalue weighted by molar-refractivity contribution is 7.18. The summed E-state index contributed by atoms with van der Waals surface area (Å²) in [6, 6.07) is 11.8. The number of halogens is 2. The summed E-state index contributed by atoms with van der Waals surface area (Å²) in [4.78, 5) is 52.4. The summed E-state index contributed by atoms with van der Waals surface area (Å²) >= 11 is 7.01. The third-order valence-electron chi connectivity index (χ3n) is 5.72. The molecule has 1 aliphatic rings. The molecule has 1 saturated heterocycles. The number of ether oxygens (including phenoxy) is 1. The van der Waals surface area contributed by atoms with Crippen molar-refractivity contribution in [2.75, 3.05) is 11.7 Å². The number of benzene rings is 1. The van der Waals surface area contributed by atoms with Crippen LogP contribution in [-0.2, 0) is 9.53 Å². The standard InChI is InChI=1S/C26H26ClFN4O5S/c1-26(2,3)37-25(36)31-15-16(29-23(34)20-11-12-21(27)38-20)14-19(31)24(35)32(28)18-9-7-17(8-10-18)30-13-5-4-6-22(30)33/h4-13,16,19H,14-15H2,1-3H3,(H,29,34)/t16-,19-/m0/s1. The van der Waals surface area contributed by atoms with Crippen molar-refractivity contribution in [1.29, 1.82) is 0 Å². The summed E-state index contributed by atoms with van der Waals surface area (Å²) in [5.74, 6) is -1.40. The smallest absolute Gasteiger partial charge is 0.411 e. The molecule has 200 valence electrons. The number of nitrogens with one attached hydrogen (secondary N) is 1. The molecule has 9 nitrogen and oxygen atoms in total. The summed E-state index contributed by atoms with van der Waals surface area (Å²) in [6.07, 6.45) is 0.769. The van der Waals surface area contributed by atoms with Crippen molar-refractivity contribution in [2.45, 2.75) is 44.9 Å². The van der Waals surface area contributed by atoms with E-state index in [0.29, 0.717) is 14.9 Å². The van der Waals surface area contributed by atoms with Crippen molar-refractivity contribution < 1.29 is 23.6 Å². The van der Waals surface area contributed by atoms with Gasteiger partial charge in [0.25, 0.3) is 17.4 Å². The maximum absolute atomic E-state index is 15.4. The zero-order valence-corrected chi connectivity index (χ0v) is 22.5. The van der Waals surface area contributed by atoms with E-state index in [0.717, 1.165) is 16.2 Å². The quantitative estimate of drug-likeness (QED) is 0.460. The van der Waals surface area contributed by atoms with Crippen LogP contribution in [0.1, 0.15) is 36.9 Å². The molecule has 38 heavy (non-hydrogen) atoms. The predicted molar refractivity (Wildman–Crippen MR) is 143 cm³/mol. The highest BCUT2D eigenvalue weighted by atomic mass is 35.5. The monoisotopic (exact) mass is 560 g/mol. The third-order valence-corrected chi connectivity index (χ3v) is 6.95. The summed E-state index contributed by atoms with van der Waals surface area (Å²) < 4.78 is 22.6. The van der Waals surface area contributed by atoms with E-state index < -0.39 is 35.6 Å². The lowest BCUT2D eigenvalue weighted by Gasteiger charge is -2.28. The molecule has 2 aromatic heterocycles. The first kappa shape index (κ1) is 27.3. The van der Waals surface area contributed by atoms with E-state index in [2.05, 4.69) is 5.32 Å². The first-order chi connectivity index (χ1) is 17.9. The van der Waals surface area contributed by atoms with E-state index in [9.17, 15) is 19.2 Å². The van der Waals surface area contributed by atoms with Crippen LogP contribution in [0, 0.1) is 0 Å². The molecule has 0 saturated carbocycles. The Bertz CT molecular complexity index is 1400. The number of anilines is 1. The first-order valence-corrected chi connectivity index (χ1v) is 13.0. The summed E-state index contributed by atoms with van der Waals surface area (Å²) in [7, 11) is 0. The van der Waals surface area contributed by atoms with Gasteiger partial charge in [-0.25, -0.2) is 4.79 Å². The zero-order valence-electron chi connectivity index (χ0n) is 20.9. The fraction of sp³-hybridized carbons (Fsp3) is 0.308. The Labute approximate surface area is 227 Å². The molecule has 0 unspecified atom stereocenters. The maximum Gasteiger partial charge on any atom is 0.411 e. The highest BCUT2D eigenvalue weighted by Gasteiger charge is 2.44. The molecule has 1 N–H and O–H groups in total. The predicted octanol–water partition coefficient (Wildman–Crippen LogP) is 4.58. The average Bonchev–Trinajstić information content (AvgIpc) is 3.49. The van der Waals surface area contributed by atoms with E-state index >= 15 is 4.48 Å². The fourth-order valence-corrected chi connectivity index (χ4v) is 4.98. The van der Waals surface area contributed by atoms with Crippen LogP contribution >= 0.6 is 22.9 Å². The number of carbonyl (C=O) groups is 3. The van der Waals surface area contributed by atoms with E-state index in [1.807, 2.05) is 0 Å². The number of nitrogens with zero attached hydrogens (tertiary/aromatic N) is 3. The van der Waals surface area contributed by atoms with E-state index in [1.54, 1.807) is 51.2 Å². The zero-order chi connectivity index (χ0) is 27.6. The van der Waals surface area contributed by atoms with Gasteiger partial charge in [0.15, 0.2) is 0 Å². The largest absolute Gasteiger partial charge is 0.444 e. The minimum absolute atomic E-state index is 0.0131. The molecule has 1 aliphatic heterocycles. The lowest BCUT2D eigenvalue weighted by Crippen LogP contribution is -2.47. The van der Waals surface area contributed by atoms with Gasteiger partial charge in [0.2, 0.25) is 0 Å². The van der Waals surface area contributed by atoms with E-state index in [4.69, 9.17) is 16.3 Å². The van der Waals surface area contributed by atoms with E-state index in [1.165, 1.54) is 34.9 Å². The Morgan fingerprint density at radius 1 is 1.11 bits per heavy atom. The number of hydrogen-bond acceptors (Lipinski definition) is 6. The molecule has 0 bridgehead atoms. The molecule has 3 heterocycles. The molecule has 3 aromatic rings. The Hall–Kier alpha value is -3.70. The molecule has 1 aromatic carbocycles. The van der Waals surface area contributed by atoms with Gasteiger partial charge >= 0.3 is 6.09 Å². The SMILES string of the molecule is CC(C)(C)OC(=O)N1C[C@@H](NC(=O)c2ccc(Cl)s2)C[C@H]1C(=O)N(F)c1ccc(-n2ccccc2=O)cc1. The number of carbonyl (C=O) groups excluding carboxylic acids is 3. The molecular weight excluding hydrogens is 535 g/mol. The number of rotatable bonds is 5. The van der Waals surface area contributed by atoms with Gasteiger partial charge in [0.05, 0.1) is 14.9 Å². The second-order valence-electron chi connectivity index (χ2n) is 9.70. The number of hydrogen-bond donors (Lipinski definition) is 1. The van der Waals surface area contributed by atoms with Crippen molar-refractivity contribution in [1.82, 2.24) is 14.8 Å². The van der Waals surface area contributed by atoms with Crippen LogP contribution in [0.15, 0.2) is 65.6 Å². The number of amides is 3. The average molecular weight is 561 g/mol. The molecule has 4 rings (SSSR count). The normalized spacial score (nSPS) is 17.2. The Morgan fingerprint density at radius 2 is 1.82 bits per heavy atom. The molecular formula is C26H26ClFN4O5S. The molecule has 0 radical (unpaired) electrons. The summed E-state index contributed by atoms with van der Waals surface area (Å²) in [6.45, 7) is 5.00. The molecule has 2 atom stereocenters. The summed E-state index contributed by atoms with van der Waals surface area (Å²) in [5, 5.41) is 2.75. The lowest BCUT2D eigenvalue weighted by atomic mass is 10.1. The maximum atomic E-state index is 15.4. The topological polar surface area (TPSA) is 101 Å². The fourth-order valence-electron chi connectivity index (χ4n) is 4.03. The molecule has 1 fully saturated rings. The Balaban J connectivity index is 1.53. The Kier molecular flexibility index (Phi) is 7.89. The Morgan fingerprint density at radius 3 is 2.42 bits per heavy atom. The van der Waals surface area contributed by atoms with Crippen LogP contribution in [0.3, 0.4) is 0 Å². The molecule has 3 amide bonds. The number of aromatic nitrogens is 1. The van der Waals surface area contributed by atoms with Crippen LogP contribution in [-0.4, -0.2) is 51.6 Å². The third kappa shape index (κ3) is 6.22. The van der Waals surface area contributed by atoms with Crippen molar-refractivity contribution in [2.24, 2.45) is 0 Å². The van der Waals surface area contributed by atoms with Gasteiger partial charge < -0.3 is 10.1 Å². The van der Waals surface area contributed by atoms with Crippen molar-refractivity contribution >= 4 is 46.5 Å². The van der Waals surface area contributed by atoms with Crippen molar-refractivity contribution in [3.8, 4) is 5.69 Å². The summed E-state index contributed by atoms with van der Waals surface area (Å²) in [5.41, 5.74) is -0.689. The molecule has 0 spiro atoms. The highest BCUT2D eigenvalue weighted by Crippen LogP contribution is 2.27. The van der Waals surface area contributed by atoms with Crippen LogP contribution in [0.2, 0.25) is 4.34 Å². The molecule has 0 aliphatic carbocycles. The first-order valence-electron chi connectivity index (χ1n) is 11.8. The van der Waals surface area contributed by atoms with Crippen molar-refractivity contribution in [3.63, 3.8) is 0 Å². The van der Waals surface area contributed by atoms with E-state index in [-0.39, 0.29) is 29.3 Å². The number of pyridine rings is 1. The minimum atomic E-state index is -1.22. The van der Waals surface area contributed by atoms with Crippen LogP contribution < -0.4 is 16.0 Å².